The van der Waals surface area contributed by atoms with E-state index < -0.39 is 29.6 Å². The van der Waals surface area contributed by atoms with Crippen LogP contribution in [0.1, 0.15) is 12.5 Å². The first-order valence-electron chi connectivity index (χ1n) is 8.71. The minimum atomic E-state index is -4.52. The summed E-state index contributed by atoms with van der Waals surface area (Å²) in [5.74, 6) is -1.06. The van der Waals surface area contributed by atoms with Gasteiger partial charge in [0.2, 0.25) is 0 Å². The number of carbonyl (C=O) groups is 1. The lowest BCUT2D eigenvalue weighted by molar-refractivity contribution is -0.137. The number of amides is 1. The predicted octanol–water partition coefficient (Wildman–Crippen LogP) is 5.49. The molecular weight excluding hydrogens is 442 g/mol. The van der Waals surface area contributed by atoms with Crippen LogP contribution in [0.25, 0.3) is 0 Å². The van der Waals surface area contributed by atoms with Crippen LogP contribution in [0.4, 0.5) is 23.4 Å². The van der Waals surface area contributed by atoms with Gasteiger partial charge < -0.3 is 14.8 Å². The fraction of sp³-hybridized carbons (Fsp3) is 0.150. The Balaban J connectivity index is 1.57. The van der Waals surface area contributed by atoms with E-state index in [1.54, 1.807) is 0 Å². The molecular formula is C20H14ClF4N3O3. The van der Waals surface area contributed by atoms with Gasteiger partial charge >= 0.3 is 6.18 Å². The van der Waals surface area contributed by atoms with Crippen LogP contribution >= 0.6 is 11.6 Å². The minimum absolute atomic E-state index is 0.0466. The van der Waals surface area contributed by atoms with E-state index in [1.807, 2.05) is 0 Å². The van der Waals surface area contributed by atoms with Gasteiger partial charge in [0.15, 0.2) is 11.9 Å². The molecule has 3 rings (SSSR count). The fourth-order valence-electron chi connectivity index (χ4n) is 2.30. The Kier molecular flexibility index (Phi) is 6.59. The molecule has 162 valence electrons. The molecule has 0 radical (unpaired) electrons. The van der Waals surface area contributed by atoms with Gasteiger partial charge in [-0.3, -0.25) is 4.79 Å². The minimum Gasteiger partial charge on any atom is -0.481 e. The van der Waals surface area contributed by atoms with Gasteiger partial charge in [-0.1, -0.05) is 11.6 Å². The Morgan fingerprint density at radius 3 is 2.32 bits per heavy atom. The first-order chi connectivity index (χ1) is 14.6. The molecule has 0 fully saturated rings. The molecule has 0 bridgehead atoms. The molecule has 0 saturated carbocycles. The first kappa shape index (κ1) is 22.3. The highest BCUT2D eigenvalue weighted by atomic mass is 35.5. The number of pyridine rings is 2. The first-order valence-corrected chi connectivity index (χ1v) is 9.09. The van der Waals surface area contributed by atoms with Gasteiger partial charge in [-0.15, -0.1) is 0 Å². The lowest BCUT2D eigenvalue weighted by Crippen LogP contribution is -2.30. The lowest BCUT2D eigenvalue weighted by Gasteiger charge is -2.15. The van der Waals surface area contributed by atoms with Gasteiger partial charge in [0.05, 0.1) is 10.6 Å². The Hall–Kier alpha value is -3.40. The van der Waals surface area contributed by atoms with Crippen molar-refractivity contribution in [2.45, 2.75) is 19.2 Å². The zero-order valence-electron chi connectivity index (χ0n) is 15.8. The van der Waals surface area contributed by atoms with Crippen LogP contribution in [0.3, 0.4) is 0 Å². The molecule has 3 aromatic rings. The van der Waals surface area contributed by atoms with Gasteiger partial charge in [-0.05, 0) is 49.4 Å². The average molecular weight is 456 g/mol. The monoisotopic (exact) mass is 455 g/mol. The van der Waals surface area contributed by atoms with Crippen molar-refractivity contribution in [1.82, 2.24) is 9.97 Å². The van der Waals surface area contributed by atoms with Crippen LogP contribution in [0, 0.1) is 5.82 Å². The van der Waals surface area contributed by atoms with Crippen LogP contribution in [0.15, 0.2) is 54.9 Å². The van der Waals surface area contributed by atoms with Crippen LogP contribution < -0.4 is 14.8 Å². The summed E-state index contributed by atoms with van der Waals surface area (Å²) in [5, 5.41) is 2.50. The normalized spacial score (nSPS) is 12.2. The summed E-state index contributed by atoms with van der Waals surface area (Å²) in [4.78, 5) is 19.5. The Morgan fingerprint density at radius 1 is 1.06 bits per heavy atom. The number of aromatic nitrogens is 2. The van der Waals surface area contributed by atoms with E-state index in [9.17, 15) is 22.4 Å². The number of rotatable bonds is 6. The second-order valence-corrected chi connectivity index (χ2v) is 6.63. The number of hydrogen-bond acceptors (Lipinski definition) is 5. The summed E-state index contributed by atoms with van der Waals surface area (Å²) in [6, 6.07) is 8.86. The number of halogens is 5. The molecule has 0 aliphatic carbocycles. The van der Waals surface area contributed by atoms with Gasteiger partial charge in [0, 0.05) is 12.4 Å². The van der Waals surface area contributed by atoms with E-state index >= 15 is 0 Å². The quantitative estimate of drug-likeness (QED) is 0.498. The zero-order valence-corrected chi connectivity index (χ0v) is 16.5. The molecule has 0 aliphatic rings. The van der Waals surface area contributed by atoms with Crippen molar-refractivity contribution in [2.24, 2.45) is 0 Å². The van der Waals surface area contributed by atoms with Crippen molar-refractivity contribution in [1.29, 1.82) is 0 Å². The molecule has 0 saturated heterocycles. The van der Waals surface area contributed by atoms with Crippen molar-refractivity contribution >= 4 is 23.3 Å². The smallest absolute Gasteiger partial charge is 0.417 e. The molecule has 31 heavy (non-hydrogen) atoms. The third kappa shape index (κ3) is 6.05. The molecule has 2 heterocycles. The Bertz CT molecular complexity index is 1060. The fourth-order valence-corrected chi connectivity index (χ4v) is 2.44. The number of anilines is 1. The highest BCUT2D eigenvalue weighted by molar-refractivity contribution is 6.30. The Labute approximate surface area is 178 Å². The van der Waals surface area contributed by atoms with Crippen molar-refractivity contribution in [3.05, 3.63) is 71.3 Å². The standard InChI is InChI=1S/C20H14ClF4N3O3/c1-11(18(29)28-17-7-2-12(9-26-17)20(23,24)25)30-14-3-5-15(6-4-14)31-19-16(22)8-13(21)10-27-19/h2-11H,1H3,(H,26,28,29)/t11-/m1/s1. The second kappa shape index (κ2) is 9.17. The second-order valence-electron chi connectivity index (χ2n) is 6.19. The van der Waals surface area contributed by atoms with Crippen molar-refractivity contribution in [3.8, 4) is 17.4 Å². The lowest BCUT2D eigenvalue weighted by atomic mass is 10.2. The molecule has 1 aromatic carbocycles. The van der Waals surface area contributed by atoms with E-state index in [2.05, 4.69) is 15.3 Å². The maximum absolute atomic E-state index is 13.7. The van der Waals surface area contributed by atoms with Gasteiger partial charge in [-0.2, -0.15) is 13.2 Å². The van der Waals surface area contributed by atoms with E-state index in [1.165, 1.54) is 37.4 Å². The summed E-state index contributed by atoms with van der Waals surface area (Å²) in [7, 11) is 0. The van der Waals surface area contributed by atoms with Crippen LogP contribution in [0.2, 0.25) is 5.02 Å². The maximum atomic E-state index is 13.7. The van der Waals surface area contributed by atoms with Gasteiger partial charge in [0.25, 0.3) is 11.8 Å². The van der Waals surface area contributed by atoms with Gasteiger partial charge in [0.1, 0.15) is 17.3 Å². The highest BCUT2D eigenvalue weighted by Crippen LogP contribution is 2.29. The highest BCUT2D eigenvalue weighted by Gasteiger charge is 2.30. The largest absolute Gasteiger partial charge is 0.481 e. The van der Waals surface area contributed by atoms with Crippen LogP contribution in [-0.2, 0) is 11.0 Å². The Morgan fingerprint density at radius 2 is 1.74 bits per heavy atom. The third-order valence-electron chi connectivity index (χ3n) is 3.84. The van der Waals surface area contributed by atoms with E-state index in [4.69, 9.17) is 21.1 Å². The van der Waals surface area contributed by atoms with Crippen molar-refractivity contribution in [2.75, 3.05) is 5.32 Å². The SMILES string of the molecule is C[C@@H](Oc1ccc(Oc2ncc(Cl)cc2F)cc1)C(=O)Nc1ccc(C(F)(F)F)cn1. The molecule has 0 unspecified atom stereocenters. The number of alkyl halides is 3. The molecule has 0 aliphatic heterocycles. The number of benzene rings is 1. The maximum Gasteiger partial charge on any atom is 0.417 e. The molecule has 1 N–H and O–H groups in total. The number of nitrogens with zero attached hydrogens (tertiary/aromatic N) is 2. The van der Waals surface area contributed by atoms with E-state index in [-0.39, 0.29) is 22.5 Å². The average Bonchev–Trinajstić information content (AvgIpc) is 2.71. The topological polar surface area (TPSA) is 73.3 Å². The third-order valence-corrected chi connectivity index (χ3v) is 4.04. The predicted molar refractivity (Wildman–Crippen MR) is 104 cm³/mol. The van der Waals surface area contributed by atoms with Crippen LogP contribution in [-0.4, -0.2) is 22.0 Å². The summed E-state index contributed by atoms with van der Waals surface area (Å²) in [6.07, 6.45) is -3.63. The number of carbonyl (C=O) groups excluding carboxylic acids is 1. The van der Waals surface area contributed by atoms with E-state index in [0.29, 0.717) is 11.9 Å². The molecule has 11 heteroatoms. The zero-order chi connectivity index (χ0) is 22.6. The molecule has 0 spiro atoms. The van der Waals surface area contributed by atoms with Crippen molar-refractivity contribution in [3.63, 3.8) is 0 Å². The van der Waals surface area contributed by atoms with Crippen LogP contribution in [0.5, 0.6) is 17.4 Å². The summed E-state index contributed by atoms with van der Waals surface area (Å²) in [5.41, 5.74) is -0.925. The number of nitrogens with one attached hydrogen (secondary N) is 1. The summed E-state index contributed by atoms with van der Waals surface area (Å²) in [6.45, 7) is 1.46. The molecule has 6 nitrogen and oxygen atoms in total. The molecule has 1 amide bonds. The molecule has 1 atom stereocenters. The van der Waals surface area contributed by atoms with Crippen molar-refractivity contribution < 1.29 is 31.8 Å². The summed E-state index contributed by atoms with van der Waals surface area (Å²) >= 11 is 5.63. The number of hydrogen-bond donors (Lipinski definition) is 1. The van der Waals surface area contributed by atoms with E-state index in [0.717, 1.165) is 18.2 Å². The summed E-state index contributed by atoms with van der Waals surface area (Å²) < 4.78 is 62.2. The molecule has 2 aromatic heterocycles. The number of ether oxygens (including phenoxy) is 2. The van der Waals surface area contributed by atoms with Gasteiger partial charge in [-0.25, -0.2) is 14.4 Å².